The molecule has 1 aliphatic rings. The molecule has 0 bridgehead atoms. The average Bonchev–Trinajstić information content (AvgIpc) is 3.66. The molecule has 1 aliphatic carbocycles. The molecule has 1 N–H and O–H groups in total. The lowest BCUT2D eigenvalue weighted by Crippen LogP contribution is -2.45. The Morgan fingerprint density at radius 1 is 0.875 bits per heavy atom. The van der Waals surface area contributed by atoms with Crippen molar-refractivity contribution in [1.82, 2.24) is 10.2 Å². The van der Waals surface area contributed by atoms with Gasteiger partial charge < -0.3 is 10.2 Å². The van der Waals surface area contributed by atoms with Crippen LogP contribution >= 0.6 is 15.9 Å². The van der Waals surface area contributed by atoms with E-state index in [1.807, 2.05) is 89.8 Å². The molecule has 1 unspecified atom stereocenters. The molecule has 3 aromatic carbocycles. The van der Waals surface area contributed by atoms with Gasteiger partial charge in [-0.3, -0.25) is 9.59 Å². The molecule has 32 heavy (non-hydrogen) atoms. The summed E-state index contributed by atoms with van der Waals surface area (Å²) in [5.41, 5.74) is 2.99. The molecule has 1 fully saturated rings. The third kappa shape index (κ3) is 5.86. The Balaban J connectivity index is 1.55. The topological polar surface area (TPSA) is 49.4 Å². The van der Waals surface area contributed by atoms with Crippen molar-refractivity contribution in [3.8, 4) is 0 Å². The molecule has 3 aromatic rings. The van der Waals surface area contributed by atoms with Crippen LogP contribution in [0, 0.1) is 0 Å². The first kappa shape index (κ1) is 22.3. The van der Waals surface area contributed by atoms with Gasteiger partial charge in [-0.1, -0.05) is 88.7 Å². The second kappa shape index (κ2) is 10.6. The number of halogens is 1. The van der Waals surface area contributed by atoms with Gasteiger partial charge in [-0.25, -0.2) is 0 Å². The van der Waals surface area contributed by atoms with Crippen molar-refractivity contribution in [1.29, 1.82) is 0 Å². The molecule has 2 amide bonds. The summed E-state index contributed by atoms with van der Waals surface area (Å²) in [7, 11) is 0. The van der Waals surface area contributed by atoms with Crippen molar-refractivity contribution < 1.29 is 9.59 Å². The smallest absolute Gasteiger partial charge is 0.247 e. The van der Waals surface area contributed by atoms with Gasteiger partial charge in [0, 0.05) is 23.5 Å². The summed E-state index contributed by atoms with van der Waals surface area (Å²) in [6.07, 6.45) is 2.94. The number of benzene rings is 3. The van der Waals surface area contributed by atoms with E-state index in [1.165, 1.54) is 0 Å². The van der Waals surface area contributed by atoms with E-state index in [0.29, 0.717) is 19.4 Å². The predicted octanol–water partition coefficient (Wildman–Crippen LogP) is 5.43. The van der Waals surface area contributed by atoms with E-state index in [-0.39, 0.29) is 17.9 Å². The molecule has 5 heteroatoms. The van der Waals surface area contributed by atoms with Crippen LogP contribution in [-0.2, 0) is 22.6 Å². The van der Waals surface area contributed by atoms with E-state index in [2.05, 4.69) is 21.2 Å². The first-order valence-corrected chi connectivity index (χ1v) is 11.8. The fourth-order valence-corrected chi connectivity index (χ4v) is 4.17. The van der Waals surface area contributed by atoms with Gasteiger partial charge in [0.25, 0.3) is 0 Å². The highest BCUT2D eigenvalue weighted by molar-refractivity contribution is 9.10. The Labute approximate surface area is 197 Å². The molecule has 0 heterocycles. The number of nitrogens with one attached hydrogen (secondary N) is 1. The van der Waals surface area contributed by atoms with Gasteiger partial charge >= 0.3 is 0 Å². The van der Waals surface area contributed by atoms with Gasteiger partial charge in [-0.05, 0) is 48.1 Å². The number of hydrogen-bond acceptors (Lipinski definition) is 2. The quantitative estimate of drug-likeness (QED) is 0.434. The van der Waals surface area contributed by atoms with Crippen molar-refractivity contribution in [2.24, 2.45) is 0 Å². The third-order valence-electron chi connectivity index (χ3n) is 5.72. The first-order valence-electron chi connectivity index (χ1n) is 11.0. The second-order valence-electron chi connectivity index (χ2n) is 8.18. The number of rotatable bonds is 9. The van der Waals surface area contributed by atoms with Gasteiger partial charge in [0.2, 0.25) is 11.8 Å². The largest absolute Gasteiger partial charge is 0.350 e. The summed E-state index contributed by atoms with van der Waals surface area (Å²) in [4.78, 5) is 28.7. The van der Waals surface area contributed by atoms with Crippen LogP contribution in [0.2, 0.25) is 0 Å². The zero-order valence-electron chi connectivity index (χ0n) is 17.9. The van der Waals surface area contributed by atoms with Crippen LogP contribution in [0.3, 0.4) is 0 Å². The molecule has 0 aromatic heterocycles. The highest BCUT2D eigenvalue weighted by Gasteiger charge is 2.40. The minimum absolute atomic E-state index is 0.0270. The van der Waals surface area contributed by atoms with Crippen molar-refractivity contribution >= 4 is 27.7 Å². The Bertz CT molecular complexity index is 1030. The SMILES string of the molecule is O=C(NCc1ccccc1)C(c1ccc(Br)cc1)N(C(=O)CCc1ccccc1)C1CC1. The lowest BCUT2D eigenvalue weighted by Gasteiger charge is -2.32. The van der Waals surface area contributed by atoms with Crippen LogP contribution < -0.4 is 5.32 Å². The number of carbonyl (C=O) groups excluding carboxylic acids is 2. The molecule has 0 spiro atoms. The second-order valence-corrected chi connectivity index (χ2v) is 9.09. The van der Waals surface area contributed by atoms with Crippen LogP contribution in [0.5, 0.6) is 0 Å². The number of aryl methyl sites for hydroxylation is 1. The minimum atomic E-state index is -0.636. The minimum Gasteiger partial charge on any atom is -0.350 e. The number of amides is 2. The first-order chi connectivity index (χ1) is 15.6. The Hall–Kier alpha value is -2.92. The van der Waals surface area contributed by atoms with Crippen LogP contribution in [-0.4, -0.2) is 22.8 Å². The van der Waals surface area contributed by atoms with Gasteiger partial charge in [-0.2, -0.15) is 0 Å². The normalized spacial score (nSPS) is 13.9. The number of hydrogen-bond donors (Lipinski definition) is 1. The summed E-state index contributed by atoms with van der Waals surface area (Å²) in [5.74, 6) is -0.115. The summed E-state index contributed by atoms with van der Waals surface area (Å²) >= 11 is 3.47. The fourth-order valence-electron chi connectivity index (χ4n) is 3.90. The Morgan fingerprint density at radius 3 is 2.06 bits per heavy atom. The van der Waals surface area contributed by atoms with E-state index >= 15 is 0 Å². The maximum atomic E-state index is 13.4. The van der Waals surface area contributed by atoms with E-state index in [1.54, 1.807) is 0 Å². The highest BCUT2D eigenvalue weighted by Crippen LogP contribution is 2.36. The van der Waals surface area contributed by atoms with Gasteiger partial charge in [0.1, 0.15) is 6.04 Å². The molecule has 0 saturated heterocycles. The number of carbonyl (C=O) groups is 2. The van der Waals surface area contributed by atoms with Crippen molar-refractivity contribution in [2.45, 2.75) is 44.3 Å². The molecule has 4 nitrogen and oxygen atoms in total. The zero-order valence-corrected chi connectivity index (χ0v) is 19.5. The Morgan fingerprint density at radius 2 is 1.47 bits per heavy atom. The molecule has 1 atom stereocenters. The van der Waals surface area contributed by atoms with Crippen LogP contribution in [0.15, 0.2) is 89.4 Å². The summed E-state index contributed by atoms with van der Waals surface area (Å²) in [6, 6.07) is 27.0. The van der Waals surface area contributed by atoms with Gasteiger partial charge in [-0.15, -0.1) is 0 Å². The lowest BCUT2D eigenvalue weighted by molar-refractivity contribution is -0.141. The van der Waals surface area contributed by atoms with Crippen LogP contribution in [0.1, 0.15) is 42.0 Å². The summed E-state index contributed by atoms with van der Waals surface area (Å²) in [5, 5.41) is 3.06. The molecule has 0 aliphatic heterocycles. The van der Waals surface area contributed by atoms with E-state index in [4.69, 9.17) is 0 Å². The summed E-state index contributed by atoms with van der Waals surface area (Å²) < 4.78 is 0.943. The Kier molecular flexibility index (Phi) is 7.38. The van der Waals surface area contributed by atoms with Crippen LogP contribution in [0.25, 0.3) is 0 Å². The molecule has 1 saturated carbocycles. The fraction of sp³-hybridized carbons (Fsp3) is 0.259. The monoisotopic (exact) mass is 490 g/mol. The van der Waals surface area contributed by atoms with E-state index in [0.717, 1.165) is 34.0 Å². The molecule has 0 radical (unpaired) electrons. The average molecular weight is 491 g/mol. The standard InChI is InChI=1S/C27H27BrN2O2/c28-23-14-12-22(13-15-23)26(27(32)29-19-21-9-5-2-6-10-21)30(24-16-17-24)25(31)18-11-20-7-3-1-4-8-20/h1-10,12-15,24,26H,11,16-19H2,(H,29,32). The van der Waals surface area contributed by atoms with Gasteiger partial charge in [0.05, 0.1) is 0 Å². The molecular weight excluding hydrogens is 464 g/mol. The number of nitrogens with zero attached hydrogens (tertiary/aromatic N) is 1. The zero-order chi connectivity index (χ0) is 22.3. The molecular formula is C27H27BrN2O2. The highest BCUT2D eigenvalue weighted by atomic mass is 79.9. The predicted molar refractivity (Wildman–Crippen MR) is 130 cm³/mol. The maximum Gasteiger partial charge on any atom is 0.247 e. The van der Waals surface area contributed by atoms with Gasteiger partial charge in [0.15, 0.2) is 0 Å². The maximum absolute atomic E-state index is 13.4. The molecule has 164 valence electrons. The lowest BCUT2D eigenvalue weighted by atomic mass is 10.0. The van der Waals surface area contributed by atoms with Crippen molar-refractivity contribution in [3.63, 3.8) is 0 Å². The van der Waals surface area contributed by atoms with Crippen LogP contribution in [0.4, 0.5) is 0 Å². The molecule has 4 rings (SSSR count). The summed E-state index contributed by atoms with van der Waals surface area (Å²) in [6.45, 7) is 0.434. The van der Waals surface area contributed by atoms with Crippen molar-refractivity contribution in [2.75, 3.05) is 0 Å². The van der Waals surface area contributed by atoms with Crippen molar-refractivity contribution in [3.05, 3.63) is 106 Å². The third-order valence-corrected chi connectivity index (χ3v) is 6.25. The van der Waals surface area contributed by atoms with E-state index in [9.17, 15) is 9.59 Å². The van der Waals surface area contributed by atoms with E-state index < -0.39 is 6.04 Å².